The maximum absolute atomic E-state index is 6.47. The van der Waals surface area contributed by atoms with E-state index in [1.807, 2.05) is 11.3 Å². The van der Waals surface area contributed by atoms with Gasteiger partial charge in [-0.25, -0.2) is 0 Å². The summed E-state index contributed by atoms with van der Waals surface area (Å²) in [6, 6.07) is 2.55. The van der Waals surface area contributed by atoms with Gasteiger partial charge in [0.2, 0.25) is 0 Å². The molecule has 2 rings (SSSR count). The molecule has 1 heterocycles. The van der Waals surface area contributed by atoms with E-state index in [0.717, 1.165) is 12.3 Å². The zero-order valence-corrected chi connectivity index (χ0v) is 11.1. The molecule has 1 saturated carbocycles. The van der Waals surface area contributed by atoms with Crippen molar-refractivity contribution in [2.45, 2.75) is 57.9 Å². The van der Waals surface area contributed by atoms with Crippen LogP contribution in [0, 0.1) is 5.92 Å². The van der Waals surface area contributed by atoms with E-state index in [2.05, 4.69) is 18.4 Å². The van der Waals surface area contributed by atoms with Gasteiger partial charge in [-0.15, -0.1) is 11.3 Å². The van der Waals surface area contributed by atoms with Crippen LogP contribution in [-0.4, -0.2) is 0 Å². The van der Waals surface area contributed by atoms with Crippen molar-refractivity contribution in [1.82, 2.24) is 0 Å². The topological polar surface area (TPSA) is 26.0 Å². The van der Waals surface area contributed by atoms with E-state index in [9.17, 15) is 0 Å². The molecule has 1 aromatic heterocycles. The molecule has 2 heteroatoms. The zero-order valence-electron chi connectivity index (χ0n) is 10.2. The number of hydrogen-bond donors (Lipinski definition) is 1. The second-order valence-corrected chi connectivity index (χ2v) is 5.89. The van der Waals surface area contributed by atoms with Gasteiger partial charge in [0.25, 0.3) is 0 Å². The van der Waals surface area contributed by atoms with Gasteiger partial charge in [-0.1, -0.05) is 32.6 Å². The van der Waals surface area contributed by atoms with E-state index in [1.54, 1.807) is 0 Å². The Morgan fingerprint density at radius 2 is 2.00 bits per heavy atom. The van der Waals surface area contributed by atoms with E-state index < -0.39 is 0 Å². The lowest BCUT2D eigenvalue weighted by Gasteiger charge is -2.22. The average Bonchev–Trinajstić information content (AvgIpc) is 2.61. The van der Waals surface area contributed by atoms with Crippen LogP contribution in [0.5, 0.6) is 0 Å². The Morgan fingerprint density at radius 3 is 2.62 bits per heavy atom. The minimum atomic E-state index is 0.299. The first-order valence-electron chi connectivity index (χ1n) is 6.64. The summed E-state index contributed by atoms with van der Waals surface area (Å²) in [5.41, 5.74) is 7.94. The molecular formula is C14H23NS. The summed E-state index contributed by atoms with van der Waals surface area (Å²) in [5.74, 6) is 0.728. The van der Waals surface area contributed by atoms with Gasteiger partial charge >= 0.3 is 0 Å². The standard InChI is InChI=1S/C14H23NS/c1-2-11-9-10-16-14(11)13(15)12-7-5-3-4-6-8-12/h9-10,12-13H,2-8,15H2,1H3. The minimum absolute atomic E-state index is 0.299. The summed E-state index contributed by atoms with van der Waals surface area (Å²) in [4.78, 5) is 1.45. The molecule has 1 unspecified atom stereocenters. The second-order valence-electron chi connectivity index (χ2n) is 4.94. The summed E-state index contributed by atoms with van der Waals surface area (Å²) in [6.45, 7) is 2.23. The molecule has 1 nitrogen and oxygen atoms in total. The van der Waals surface area contributed by atoms with Crippen molar-refractivity contribution in [2.75, 3.05) is 0 Å². The average molecular weight is 237 g/mol. The smallest absolute Gasteiger partial charge is 0.0421 e. The predicted octanol–water partition coefficient (Wildman–Crippen LogP) is 4.28. The highest BCUT2D eigenvalue weighted by Crippen LogP contribution is 2.35. The molecule has 1 atom stereocenters. The summed E-state index contributed by atoms with van der Waals surface area (Å²) < 4.78 is 0. The van der Waals surface area contributed by atoms with Gasteiger partial charge < -0.3 is 5.73 Å². The molecule has 0 saturated heterocycles. The van der Waals surface area contributed by atoms with Crippen LogP contribution in [0.15, 0.2) is 11.4 Å². The fourth-order valence-corrected chi connectivity index (χ4v) is 3.91. The predicted molar refractivity (Wildman–Crippen MR) is 71.8 cm³/mol. The monoisotopic (exact) mass is 237 g/mol. The number of nitrogens with two attached hydrogens (primary N) is 1. The molecule has 1 aliphatic rings. The van der Waals surface area contributed by atoms with Gasteiger partial charge in [0.15, 0.2) is 0 Å². The van der Waals surface area contributed by atoms with E-state index in [-0.39, 0.29) is 0 Å². The Bertz CT molecular complexity index is 310. The van der Waals surface area contributed by atoms with Gasteiger partial charge in [0.1, 0.15) is 0 Å². The van der Waals surface area contributed by atoms with Crippen LogP contribution in [0.25, 0.3) is 0 Å². The van der Waals surface area contributed by atoms with Crippen molar-refractivity contribution in [3.05, 3.63) is 21.9 Å². The van der Waals surface area contributed by atoms with Crippen LogP contribution in [0.2, 0.25) is 0 Å². The molecule has 0 aliphatic heterocycles. The lowest BCUT2D eigenvalue weighted by molar-refractivity contribution is 0.385. The third-order valence-electron chi connectivity index (χ3n) is 3.87. The van der Waals surface area contributed by atoms with Crippen LogP contribution >= 0.6 is 11.3 Å². The summed E-state index contributed by atoms with van der Waals surface area (Å²) in [6.07, 6.45) is 9.38. The van der Waals surface area contributed by atoms with Gasteiger partial charge in [0.05, 0.1) is 0 Å². The molecular weight excluding hydrogens is 214 g/mol. The Morgan fingerprint density at radius 1 is 1.31 bits per heavy atom. The highest BCUT2D eigenvalue weighted by molar-refractivity contribution is 7.10. The van der Waals surface area contributed by atoms with Crippen LogP contribution < -0.4 is 5.73 Å². The molecule has 2 N–H and O–H groups in total. The maximum Gasteiger partial charge on any atom is 0.0421 e. The number of aryl methyl sites for hydroxylation is 1. The lowest BCUT2D eigenvalue weighted by Crippen LogP contribution is -2.21. The SMILES string of the molecule is CCc1ccsc1C(N)C1CCCCCC1. The van der Waals surface area contributed by atoms with Gasteiger partial charge in [0, 0.05) is 10.9 Å². The van der Waals surface area contributed by atoms with Gasteiger partial charge in [-0.05, 0) is 42.2 Å². The van der Waals surface area contributed by atoms with E-state index in [1.165, 1.54) is 49.0 Å². The Labute approximate surface area is 103 Å². The van der Waals surface area contributed by atoms with Crippen molar-refractivity contribution in [3.8, 4) is 0 Å². The molecule has 16 heavy (non-hydrogen) atoms. The molecule has 1 fully saturated rings. The highest BCUT2D eigenvalue weighted by atomic mass is 32.1. The molecule has 90 valence electrons. The molecule has 0 spiro atoms. The fraction of sp³-hybridized carbons (Fsp3) is 0.714. The summed E-state index contributed by atoms with van der Waals surface area (Å²) in [7, 11) is 0. The first kappa shape index (κ1) is 12.1. The Balaban J connectivity index is 2.07. The number of rotatable bonds is 3. The van der Waals surface area contributed by atoms with Crippen LogP contribution in [0.1, 0.15) is 61.9 Å². The van der Waals surface area contributed by atoms with Crippen molar-refractivity contribution in [3.63, 3.8) is 0 Å². The van der Waals surface area contributed by atoms with Crippen molar-refractivity contribution in [2.24, 2.45) is 11.7 Å². The maximum atomic E-state index is 6.47. The normalized spacial score (nSPS) is 20.6. The Kier molecular flexibility index (Phi) is 4.42. The Hall–Kier alpha value is -0.340. The third-order valence-corrected chi connectivity index (χ3v) is 4.93. The highest BCUT2D eigenvalue weighted by Gasteiger charge is 2.23. The molecule has 1 aliphatic carbocycles. The van der Waals surface area contributed by atoms with Crippen LogP contribution in [-0.2, 0) is 6.42 Å². The summed E-state index contributed by atoms with van der Waals surface area (Å²) >= 11 is 1.86. The van der Waals surface area contributed by atoms with E-state index >= 15 is 0 Å². The minimum Gasteiger partial charge on any atom is -0.323 e. The lowest BCUT2D eigenvalue weighted by atomic mass is 9.90. The van der Waals surface area contributed by atoms with Crippen LogP contribution in [0.3, 0.4) is 0 Å². The van der Waals surface area contributed by atoms with E-state index in [4.69, 9.17) is 5.73 Å². The fourth-order valence-electron chi connectivity index (χ4n) is 2.82. The zero-order chi connectivity index (χ0) is 11.4. The summed E-state index contributed by atoms with van der Waals surface area (Å²) in [5, 5.41) is 2.20. The largest absolute Gasteiger partial charge is 0.323 e. The first-order valence-corrected chi connectivity index (χ1v) is 7.52. The quantitative estimate of drug-likeness (QED) is 0.780. The third kappa shape index (κ3) is 2.67. The molecule has 0 amide bonds. The van der Waals surface area contributed by atoms with E-state index in [0.29, 0.717) is 6.04 Å². The van der Waals surface area contributed by atoms with Crippen molar-refractivity contribution in [1.29, 1.82) is 0 Å². The number of thiophene rings is 1. The van der Waals surface area contributed by atoms with Crippen molar-refractivity contribution < 1.29 is 0 Å². The number of hydrogen-bond acceptors (Lipinski definition) is 2. The van der Waals surface area contributed by atoms with Crippen LogP contribution in [0.4, 0.5) is 0 Å². The molecule has 0 radical (unpaired) electrons. The van der Waals surface area contributed by atoms with Gasteiger partial charge in [-0.3, -0.25) is 0 Å². The molecule has 0 bridgehead atoms. The second kappa shape index (κ2) is 5.83. The van der Waals surface area contributed by atoms with Crippen molar-refractivity contribution >= 4 is 11.3 Å². The first-order chi connectivity index (χ1) is 7.83. The molecule has 1 aromatic rings. The van der Waals surface area contributed by atoms with Gasteiger partial charge in [-0.2, -0.15) is 0 Å². The molecule has 0 aromatic carbocycles.